The van der Waals surface area contributed by atoms with Gasteiger partial charge in [0.15, 0.2) is 6.10 Å². The van der Waals surface area contributed by atoms with E-state index in [9.17, 15) is 14.4 Å². The lowest BCUT2D eigenvalue weighted by Gasteiger charge is -2.18. The average Bonchev–Trinajstić information content (AvgIpc) is 3.47. The van der Waals surface area contributed by atoms with E-state index in [1.54, 1.807) is 0 Å². The van der Waals surface area contributed by atoms with E-state index in [-0.39, 0.29) is 31.1 Å². The molecule has 0 aliphatic rings. The molecule has 0 saturated carbocycles. The van der Waals surface area contributed by atoms with Crippen molar-refractivity contribution in [2.45, 2.75) is 380 Å². The summed E-state index contributed by atoms with van der Waals surface area (Å²) in [5.41, 5.74) is 0. The van der Waals surface area contributed by atoms with Gasteiger partial charge in [-0.2, -0.15) is 0 Å². The second-order valence-electron chi connectivity index (χ2n) is 24.1. The molecule has 0 aromatic carbocycles. The van der Waals surface area contributed by atoms with Crippen molar-refractivity contribution in [2.75, 3.05) is 13.2 Å². The fourth-order valence-electron chi connectivity index (χ4n) is 10.6. The predicted molar refractivity (Wildman–Crippen MR) is 358 cm³/mol. The largest absolute Gasteiger partial charge is 0.462 e. The number of rotatable bonds is 66. The molecule has 6 nitrogen and oxygen atoms in total. The molecule has 0 heterocycles. The van der Waals surface area contributed by atoms with E-state index in [2.05, 4.69) is 93.7 Å². The Morgan fingerprint density at radius 3 is 0.744 bits per heavy atom. The lowest BCUT2D eigenvalue weighted by molar-refractivity contribution is -0.167. The zero-order valence-electron chi connectivity index (χ0n) is 54.8. The molecule has 0 radical (unpaired) electrons. The molecule has 0 spiro atoms. The molecule has 0 fully saturated rings. The molecule has 0 aliphatic carbocycles. The molecular weight excluding hydrogens is 1010 g/mol. The maximum Gasteiger partial charge on any atom is 0.306 e. The Kier molecular flexibility index (Phi) is 67.6. The molecule has 0 N–H and O–H groups in total. The van der Waals surface area contributed by atoms with Crippen LogP contribution >= 0.6 is 0 Å². The van der Waals surface area contributed by atoms with Gasteiger partial charge < -0.3 is 14.2 Å². The van der Waals surface area contributed by atoms with E-state index in [0.717, 1.165) is 96.3 Å². The van der Waals surface area contributed by atoms with Gasteiger partial charge in [-0.05, 0) is 89.9 Å². The highest BCUT2D eigenvalue weighted by molar-refractivity contribution is 5.71. The van der Waals surface area contributed by atoms with E-state index in [4.69, 9.17) is 14.2 Å². The summed E-state index contributed by atoms with van der Waals surface area (Å²) in [6.07, 6.45) is 92.2. The average molecular weight is 1150 g/mol. The first-order valence-corrected chi connectivity index (χ1v) is 35.9. The summed E-state index contributed by atoms with van der Waals surface area (Å²) >= 11 is 0. The second kappa shape index (κ2) is 70.3. The predicted octanol–water partition coefficient (Wildman–Crippen LogP) is 24.8. The van der Waals surface area contributed by atoms with Crippen LogP contribution in [0.1, 0.15) is 374 Å². The number of carbonyl (C=O) groups excluding carboxylic acids is 3. The van der Waals surface area contributed by atoms with Gasteiger partial charge in [-0.3, -0.25) is 14.4 Å². The molecule has 0 aromatic rings. The van der Waals surface area contributed by atoms with E-state index in [0.29, 0.717) is 19.3 Å². The van der Waals surface area contributed by atoms with Gasteiger partial charge in [0, 0.05) is 19.3 Å². The number of hydrogen-bond donors (Lipinski definition) is 0. The Morgan fingerprint density at radius 1 is 0.256 bits per heavy atom. The minimum atomic E-state index is -0.779. The third kappa shape index (κ3) is 67.6. The van der Waals surface area contributed by atoms with Crippen LogP contribution in [-0.4, -0.2) is 37.2 Å². The number of esters is 3. The molecule has 476 valence electrons. The lowest BCUT2D eigenvalue weighted by atomic mass is 10.0. The van der Waals surface area contributed by atoms with Crippen molar-refractivity contribution in [3.05, 3.63) is 72.9 Å². The van der Waals surface area contributed by atoms with Crippen molar-refractivity contribution in [1.82, 2.24) is 0 Å². The topological polar surface area (TPSA) is 78.9 Å². The third-order valence-corrected chi connectivity index (χ3v) is 15.9. The Labute approximate surface area is 510 Å². The third-order valence-electron chi connectivity index (χ3n) is 15.9. The van der Waals surface area contributed by atoms with Crippen LogP contribution in [0.5, 0.6) is 0 Å². The molecule has 0 aliphatic heterocycles. The highest BCUT2D eigenvalue weighted by atomic mass is 16.6. The van der Waals surface area contributed by atoms with Crippen molar-refractivity contribution in [3.8, 4) is 0 Å². The molecule has 0 saturated heterocycles. The van der Waals surface area contributed by atoms with Crippen molar-refractivity contribution in [2.24, 2.45) is 0 Å². The lowest BCUT2D eigenvalue weighted by Crippen LogP contribution is -2.30. The highest BCUT2D eigenvalue weighted by Crippen LogP contribution is 2.18. The summed E-state index contributed by atoms with van der Waals surface area (Å²) in [6.45, 7) is 6.57. The molecule has 1 unspecified atom stereocenters. The van der Waals surface area contributed by atoms with Gasteiger partial charge in [0.1, 0.15) is 13.2 Å². The number of ether oxygens (including phenoxy) is 3. The number of carbonyl (C=O) groups is 3. The van der Waals surface area contributed by atoms with E-state index < -0.39 is 6.10 Å². The van der Waals surface area contributed by atoms with Crippen LogP contribution < -0.4 is 0 Å². The molecule has 0 bridgehead atoms. The SMILES string of the molecule is CC/C=C\C/C=C\C/C=C\C/C=C\CCCCCCCCCCC(=O)OC(COC(=O)CCCCCCCCCCCCCCCC)COC(=O)CCCCCCCCCCCCCCCCCCC/C=C\C/C=C\CCCCCCC. The Bertz CT molecular complexity index is 1500. The van der Waals surface area contributed by atoms with Gasteiger partial charge in [-0.1, -0.05) is 338 Å². The quantitative estimate of drug-likeness (QED) is 0.0261. The normalized spacial score (nSPS) is 12.5. The maximum absolute atomic E-state index is 13.0. The first kappa shape index (κ1) is 78.8. The van der Waals surface area contributed by atoms with Gasteiger partial charge in [-0.15, -0.1) is 0 Å². The Balaban J connectivity index is 4.24. The number of hydrogen-bond acceptors (Lipinski definition) is 6. The van der Waals surface area contributed by atoms with Crippen molar-refractivity contribution >= 4 is 17.9 Å². The summed E-state index contributed by atoms with van der Waals surface area (Å²) < 4.78 is 17.0. The van der Waals surface area contributed by atoms with Crippen LogP contribution in [-0.2, 0) is 28.6 Å². The molecule has 0 aromatic heterocycles. The zero-order chi connectivity index (χ0) is 59.2. The van der Waals surface area contributed by atoms with E-state index >= 15 is 0 Å². The monoisotopic (exact) mass is 1150 g/mol. The van der Waals surface area contributed by atoms with Crippen molar-refractivity contribution < 1.29 is 28.6 Å². The fourth-order valence-corrected chi connectivity index (χ4v) is 10.6. The van der Waals surface area contributed by atoms with E-state index in [1.807, 2.05) is 0 Å². The minimum absolute atomic E-state index is 0.0739. The van der Waals surface area contributed by atoms with Crippen LogP contribution in [0, 0.1) is 0 Å². The Morgan fingerprint density at radius 2 is 0.476 bits per heavy atom. The van der Waals surface area contributed by atoms with Crippen LogP contribution in [0.3, 0.4) is 0 Å². The molecule has 1 atom stereocenters. The molecule has 0 amide bonds. The summed E-state index contributed by atoms with van der Waals surface area (Å²) in [7, 11) is 0. The first-order valence-electron chi connectivity index (χ1n) is 35.9. The second-order valence-corrected chi connectivity index (χ2v) is 24.1. The smallest absolute Gasteiger partial charge is 0.306 e. The zero-order valence-corrected chi connectivity index (χ0v) is 54.8. The van der Waals surface area contributed by atoms with Crippen molar-refractivity contribution in [1.29, 1.82) is 0 Å². The number of unbranched alkanes of at least 4 members (excludes halogenated alkanes) is 43. The molecule has 6 heteroatoms. The van der Waals surface area contributed by atoms with E-state index in [1.165, 1.54) is 238 Å². The molecule has 82 heavy (non-hydrogen) atoms. The highest BCUT2D eigenvalue weighted by Gasteiger charge is 2.19. The first-order chi connectivity index (χ1) is 40.5. The Hall–Kier alpha value is -3.15. The van der Waals surface area contributed by atoms with Crippen LogP contribution in [0.2, 0.25) is 0 Å². The van der Waals surface area contributed by atoms with Crippen LogP contribution in [0.4, 0.5) is 0 Å². The van der Waals surface area contributed by atoms with Gasteiger partial charge in [0.2, 0.25) is 0 Å². The summed E-state index contributed by atoms with van der Waals surface area (Å²) in [6, 6.07) is 0. The minimum Gasteiger partial charge on any atom is -0.462 e. The van der Waals surface area contributed by atoms with Gasteiger partial charge in [0.05, 0.1) is 0 Å². The van der Waals surface area contributed by atoms with Crippen LogP contribution in [0.15, 0.2) is 72.9 Å². The van der Waals surface area contributed by atoms with Crippen molar-refractivity contribution in [3.63, 3.8) is 0 Å². The molecular formula is C76H136O6. The summed E-state index contributed by atoms with van der Waals surface area (Å²) in [5, 5.41) is 0. The summed E-state index contributed by atoms with van der Waals surface area (Å²) in [4.78, 5) is 38.5. The van der Waals surface area contributed by atoms with Gasteiger partial charge >= 0.3 is 17.9 Å². The maximum atomic E-state index is 13.0. The number of allylic oxidation sites excluding steroid dienone is 12. The summed E-state index contributed by atoms with van der Waals surface area (Å²) in [5.74, 6) is -0.858. The molecule has 0 rings (SSSR count). The van der Waals surface area contributed by atoms with Gasteiger partial charge in [0.25, 0.3) is 0 Å². The van der Waals surface area contributed by atoms with Gasteiger partial charge in [-0.25, -0.2) is 0 Å². The fraction of sp³-hybridized carbons (Fsp3) is 0.803. The standard InChI is InChI=1S/C76H136O6/c1-4-7-10-13-16-19-22-25-28-30-32-34-35-36-37-38-39-40-41-43-44-46-48-51-54-57-60-63-66-69-75(78)81-72-73(71-80-74(77)68-65-62-59-56-53-50-27-24-21-18-15-12-9-6-3)82-76(79)70-67-64-61-58-55-52-49-47-45-42-33-31-29-26-23-20-17-14-11-8-5-2/h8,11,17,20,22,25-26,29-30,32-33,42,73H,4-7,9-10,12-16,18-19,21,23-24,27-28,31,34-41,43-72H2,1-3H3/b11-8-,20-17-,25-22-,29-26-,32-30-,42-33-. The van der Waals surface area contributed by atoms with Crippen LogP contribution in [0.25, 0.3) is 0 Å².